The monoisotopic (exact) mass is 170 g/mol. The van der Waals surface area contributed by atoms with Gasteiger partial charge < -0.3 is 40.5 Å². The van der Waals surface area contributed by atoms with Gasteiger partial charge in [0.25, 0.3) is 0 Å². The van der Waals surface area contributed by atoms with Crippen LogP contribution in [0.4, 0.5) is 0 Å². The number of rotatable bonds is 0. The first-order chi connectivity index (χ1) is 0. The molecule has 29 valence electrons. The quantitative estimate of drug-likeness (QED) is 0.340. The van der Waals surface area contributed by atoms with Crippen molar-refractivity contribution in [1.29, 1.82) is 0 Å². The molecule has 0 heterocycles. The van der Waals surface area contributed by atoms with E-state index < -0.39 is 0 Å². The van der Waals surface area contributed by atoms with Gasteiger partial charge in [0.2, 0.25) is 0 Å². The Hall–Kier alpha value is 2.63. The van der Waals surface area contributed by atoms with Gasteiger partial charge in [-0.2, -0.15) is 0 Å². The van der Waals surface area contributed by atoms with E-state index in [2.05, 4.69) is 0 Å². The Bertz CT molecular complexity index is 6.85. The van der Waals surface area contributed by atoms with Gasteiger partial charge in [-0.15, -0.1) is 0 Å². The summed E-state index contributed by atoms with van der Waals surface area (Å²) in [5.74, 6) is 0. The van der Waals surface area contributed by atoms with E-state index >= 15 is 0 Å². The van der Waals surface area contributed by atoms with E-state index in [-0.39, 0.29) is 88.6 Å². The molecule has 0 unspecified atom stereocenters. The molecule has 0 aliphatic carbocycles. The first kappa shape index (κ1) is 48.4. The Labute approximate surface area is 87.4 Å². The maximum Gasteiger partial charge on any atom is 1.00 e. The third kappa shape index (κ3) is 20.5. The number of hydrogen-bond acceptors (Lipinski definition) is 0. The Morgan fingerprint density at radius 3 is 0.600 bits per heavy atom. The molecule has 0 nitrogen and oxygen atoms in total. The summed E-state index contributed by atoms with van der Waals surface area (Å²) in [7, 11) is 0. The van der Waals surface area contributed by atoms with Crippen LogP contribution in [0.1, 0.15) is 0 Å². The Morgan fingerprint density at radius 1 is 0.600 bits per heavy atom. The van der Waals surface area contributed by atoms with Crippen molar-refractivity contribution < 1.29 is 48.1 Å². The SMILES string of the molecule is [Na+].[S-2].[S-2].[S-2].[V]. The standard InChI is InChI=1S/Na.3S.V/q+1;3*-2;. The summed E-state index contributed by atoms with van der Waals surface area (Å²) in [6.07, 6.45) is 0. The van der Waals surface area contributed by atoms with Crippen molar-refractivity contribution in [3.63, 3.8) is 0 Å². The molecule has 0 saturated carbocycles. The Morgan fingerprint density at radius 2 is 0.600 bits per heavy atom. The Balaban J connectivity index is 0. The Kier molecular flexibility index (Phi) is 294. The first-order valence-electron chi connectivity index (χ1n) is 0. The normalized spacial score (nSPS) is 0. The summed E-state index contributed by atoms with van der Waals surface area (Å²) in [5, 5.41) is 0. The second-order valence-corrected chi connectivity index (χ2v) is 0. The molecule has 0 fully saturated rings. The predicted octanol–water partition coefficient (Wildman–Crippen LogP) is -3.01. The van der Waals surface area contributed by atoms with Crippen LogP contribution in [0.5, 0.6) is 0 Å². The van der Waals surface area contributed by atoms with E-state index in [4.69, 9.17) is 0 Å². The smallest absolute Gasteiger partial charge is 1.00 e. The van der Waals surface area contributed by atoms with Crippen LogP contribution in [0.3, 0.4) is 0 Å². The van der Waals surface area contributed by atoms with Crippen LogP contribution in [0, 0.1) is 0 Å². The first-order valence-corrected chi connectivity index (χ1v) is 0. The molecule has 0 aromatic carbocycles. The van der Waals surface area contributed by atoms with E-state index in [0.717, 1.165) is 0 Å². The van der Waals surface area contributed by atoms with Crippen LogP contribution in [-0.4, -0.2) is 0 Å². The zero-order valence-electron chi connectivity index (χ0n) is 2.67. The van der Waals surface area contributed by atoms with Gasteiger partial charge in [-0.1, -0.05) is 0 Å². The van der Waals surface area contributed by atoms with Gasteiger partial charge in [-0.25, -0.2) is 0 Å². The molecule has 0 rings (SSSR count). The largest absolute Gasteiger partial charge is 2.00 e. The van der Waals surface area contributed by atoms with Gasteiger partial charge in [0, 0.05) is 18.6 Å². The minimum Gasteiger partial charge on any atom is -2.00 e. The van der Waals surface area contributed by atoms with E-state index in [1.54, 1.807) is 0 Å². The van der Waals surface area contributed by atoms with Crippen molar-refractivity contribution in [3.8, 4) is 0 Å². The maximum absolute atomic E-state index is 0. The van der Waals surface area contributed by atoms with Gasteiger partial charge in [-0.05, 0) is 0 Å². The molecule has 0 amide bonds. The minimum atomic E-state index is 0. The molecule has 0 spiro atoms. The topological polar surface area (TPSA) is 0 Å². The average Bonchev–Trinajstić information content (AvgIpc) is 0. The fourth-order valence-corrected chi connectivity index (χ4v) is 0. The summed E-state index contributed by atoms with van der Waals surface area (Å²) in [6, 6.07) is 0. The molecular weight excluding hydrogens is 170 g/mol. The van der Waals surface area contributed by atoms with Crippen molar-refractivity contribution in [1.82, 2.24) is 0 Å². The molecule has 0 aliphatic heterocycles. The second-order valence-electron chi connectivity index (χ2n) is 0. The number of hydrogen-bond donors (Lipinski definition) is 0. The molecule has 0 aliphatic rings. The van der Waals surface area contributed by atoms with E-state index in [1.807, 2.05) is 0 Å². The van der Waals surface area contributed by atoms with Gasteiger partial charge in [-0.3, -0.25) is 0 Å². The molecule has 0 aromatic rings. The van der Waals surface area contributed by atoms with E-state index in [0.29, 0.717) is 0 Å². The maximum atomic E-state index is 0. The summed E-state index contributed by atoms with van der Waals surface area (Å²) in [6.45, 7) is 0. The van der Waals surface area contributed by atoms with Crippen molar-refractivity contribution in [3.05, 3.63) is 0 Å². The fraction of sp³-hybridized carbons (Fsp3) is 0. The molecule has 1 radical (unpaired) electrons. The van der Waals surface area contributed by atoms with E-state index in [9.17, 15) is 0 Å². The minimum absolute atomic E-state index is 0. The fourth-order valence-electron chi connectivity index (χ4n) is 0. The zero-order valence-corrected chi connectivity index (χ0v) is 8.52. The average molecular weight is 170 g/mol. The molecule has 5 heavy (non-hydrogen) atoms. The summed E-state index contributed by atoms with van der Waals surface area (Å²) < 4.78 is 0. The van der Waals surface area contributed by atoms with Gasteiger partial charge >= 0.3 is 29.6 Å². The van der Waals surface area contributed by atoms with Crippen LogP contribution in [0.15, 0.2) is 0 Å². The van der Waals surface area contributed by atoms with Crippen molar-refractivity contribution in [2.45, 2.75) is 0 Å². The predicted molar refractivity (Wildman–Crippen MR) is 22.1 cm³/mol. The van der Waals surface area contributed by atoms with Gasteiger partial charge in [0.1, 0.15) is 0 Å². The van der Waals surface area contributed by atoms with Gasteiger partial charge in [0.05, 0.1) is 0 Å². The third-order valence-corrected chi connectivity index (χ3v) is 0. The summed E-state index contributed by atoms with van der Waals surface area (Å²) >= 11 is 0. The van der Waals surface area contributed by atoms with Crippen LogP contribution < -0.4 is 29.6 Å². The molecule has 0 saturated heterocycles. The van der Waals surface area contributed by atoms with Crippen molar-refractivity contribution >= 4 is 40.5 Å². The molecular formula is NaS3V-5. The van der Waals surface area contributed by atoms with Crippen molar-refractivity contribution in [2.75, 3.05) is 0 Å². The molecule has 0 N–H and O–H groups in total. The van der Waals surface area contributed by atoms with E-state index in [1.165, 1.54) is 0 Å². The molecule has 0 bridgehead atoms. The van der Waals surface area contributed by atoms with Crippen LogP contribution in [-0.2, 0) is 59.0 Å². The third-order valence-electron chi connectivity index (χ3n) is 0. The van der Waals surface area contributed by atoms with Crippen LogP contribution >= 0.6 is 0 Å². The van der Waals surface area contributed by atoms with Gasteiger partial charge in [0.15, 0.2) is 0 Å². The van der Waals surface area contributed by atoms with Crippen LogP contribution in [0.2, 0.25) is 0 Å². The summed E-state index contributed by atoms with van der Waals surface area (Å²) in [5.41, 5.74) is 0. The second kappa shape index (κ2) is 30.3. The zero-order chi connectivity index (χ0) is 0. The molecule has 0 atom stereocenters. The summed E-state index contributed by atoms with van der Waals surface area (Å²) in [4.78, 5) is 0. The molecule has 5 heteroatoms. The van der Waals surface area contributed by atoms with Crippen molar-refractivity contribution in [2.24, 2.45) is 0 Å². The van der Waals surface area contributed by atoms with Crippen LogP contribution in [0.25, 0.3) is 0 Å². The molecule has 0 aromatic heterocycles.